The molecule has 4 aromatic rings. The van der Waals surface area contributed by atoms with E-state index in [-0.39, 0.29) is 5.91 Å². The topological polar surface area (TPSA) is 47.4 Å². The molecule has 0 saturated carbocycles. The number of carbonyl (C=O) groups excluding carboxylic acids is 1. The lowest BCUT2D eigenvalue weighted by molar-refractivity contribution is 0.0742. The number of benzene rings is 3. The van der Waals surface area contributed by atoms with E-state index >= 15 is 0 Å². The van der Waals surface area contributed by atoms with Gasteiger partial charge in [-0.1, -0.05) is 67.1 Å². The fraction of sp³-hybridized carbons (Fsp3) is 0.185. The van der Waals surface area contributed by atoms with Crippen LogP contribution in [0.5, 0.6) is 11.6 Å². The summed E-state index contributed by atoms with van der Waals surface area (Å²) in [6.07, 6.45) is 0.816. The van der Waals surface area contributed by atoms with Crippen LogP contribution in [0.2, 0.25) is 5.02 Å². The number of aromatic nitrogens is 2. The molecule has 4 rings (SSSR count). The lowest BCUT2D eigenvalue weighted by atomic mass is 10.1. The first-order chi connectivity index (χ1) is 16.1. The van der Waals surface area contributed by atoms with E-state index in [1.54, 1.807) is 21.7 Å². The Hall–Kier alpha value is -3.57. The van der Waals surface area contributed by atoms with Crippen molar-refractivity contribution in [2.75, 3.05) is 6.54 Å². The minimum atomic E-state index is -0.111. The standard InChI is InChI=1S/C27H26ClN3O2/c1-3-18-30(26(32)23-16-10-11-17-25(23)28)19-24-20(2)29-31(21-12-6-4-7-13-21)27(24)33-22-14-8-5-9-15-22/h4-17H,3,18-19H2,1-2H3. The van der Waals surface area contributed by atoms with Gasteiger partial charge in [0.2, 0.25) is 5.88 Å². The van der Waals surface area contributed by atoms with Crippen molar-refractivity contribution < 1.29 is 9.53 Å². The molecule has 0 bridgehead atoms. The zero-order valence-electron chi connectivity index (χ0n) is 18.7. The molecule has 33 heavy (non-hydrogen) atoms. The second kappa shape index (κ2) is 10.4. The van der Waals surface area contributed by atoms with Gasteiger partial charge in [0.05, 0.1) is 34.1 Å². The molecule has 0 radical (unpaired) electrons. The first-order valence-electron chi connectivity index (χ1n) is 11.0. The van der Waals surface area contributed by atoms with Crippen LogP contribution < -0.4 is 4.74 Å². The number of hydrogen-bond donors (Lipinski definition) is 0. The van der Waals surface area contributed by atoms with E-state index in [1.165, 1.54) is 0 Å². The van der Waals surface area contributed by atoms with Crippen molar-refractivity contribution in [3.63, 3.8) is 0 Å². The third-order valence-corrected chi connectivity index (χ3v) is 5.66. The van der Waals surface area contributed by atoms with Crippen LogP contribution in [-0.2, 0) is 6.54 Å². The molecule has 1 heterocycles. The zero-order chi connectivity index (χ0) is 23.2. The molecule has 6 heteroatoms. The quantitative estimate of drug-likeness (QED) is 0.295. The maximum atomic E-state index is 13.4. The Bertz CT molecular complexity index is 1220. The highest BCUT2D eigenvalue weighted by atomic mass is 35.5. The first-order valence-corrected chi connectivity index (χ1v) is 11.4. The van der Waals surface area contributed by atoms with Crippen LogP contribution in [0, 0.1) is 6.92 Å². The van der Waals surface area contributed by atoms with Crippen LogP contribution >= 0.6 is 11.6 Å². The molecule has 0 aliphatic heterocycles. The van der Waals surface area contributed by atoms with Crippen molar-refractivity contribution in [3.05, 3.63) is 107 Å². The monoisotopic (exact) mass is 459 g/mol. The van der Waals surface area contributed by atoms with Crippen LogP contribution in [0.15, 0.2) is 84.9 Å². The van der Waals surface area contributed by atoms with Gasteiger partial charge in [-0.15, -0.1) is 0 Å². The van der Waals surface area contributed by atoms with Crippen molar-refractivity contribution in [1.29, 1.82) is 0 Å². The van der Waals surface area contributed by atoms with Gasteiger partial charge in [-0.25, -0.2) is 4.68 Å². The van der Waals surface area contributed by atoms with Crippen molar-refractivity contribution in [1.82, 2.24) is 14.7 Å². The Morgan fingerprint density at radius 2 is 1.61 bits per heavy atom. The maximum absolute atomic E-state index is 13.4. The van der Waals surface area contributed by atoms with E-state index in [9.17, 15) is 4.79 Å². The molecule has 3 aromatic carbocycles. The smallest absolute Gasteiger partial charge is 0.255 e. The lowest BCUT2D eigenvalue weighted by Crippen LogP contribution is -2.31. The molecular weight excluding hydrogens is 434 g/mol. The van der Waals surface area contributed by atoms with E-state index in [0.717, 1.165) is 23.4 Å². The van der Waals surface area contributed by atoms with Gasteiger partial charge in [-0.2, -0.15) is 5.10 Å². The molecule has 0 atom stereocenters. The molecule has 0 aliphatic carbocycles. The van der Waals surface area contributed by atoms with Crippen LogP contribution in [0.25, 0.3) is 5.69 Å². The Kier molecular flexibility index (Phi) is 7.10. The highest BCUT2D eigenvalue weighted by molar-refractivity contribution is 6.33. The number of ether oxygens (including phenoxy) is 1. The fourth-order valence-corrected chi connectivity index (χ4v) is 3.90. The summed E-state index contributed by atoms with van der Waals surface area (Å²) in [4.78, 5) is 15.2. The summed E-state index contributed by atoms with van der Waals surface area (Å²) in [7, 11) is 0. The number of amides is 1. The van der Waals surface area contributed by atoms with Crippen molar-refractivity contribution in [2.45, 2.75) is 26.8 Å². The number of rotatable bonds is 8. The third kappa shape index (κ3) is 5.10. The largest absolute Gasteiger partial charge is 0.439 e. The predicted molar refractivity (Wildman–Crippen MR) is 131 cm³/mol. The van der Waals surface area contributed by atoms with Gasteiger partial charge < -0.3 is 9.64 Å². The van der Waals surface area contributed by atoms with Gasteiger partial charge in [0.15, 0.2) is 0 Å². The van der Waals surface area contributed by atoms with Crippen molar-refractivity contribution in [3.8, 4) is 17.3 Å². The SMILES string of the molecule is CCCN(Cc1c(C)nn(-c2ccccc2)c1Oc1ccccc1)C(=O)c1ccccc1Cl. The summed E-state index contributed by atoms with van der Waals surface area (Å²) >= 11 is 6.33. The van der Waals surface area contributed by atoms with Crippen LogP contribution in [-0.4, -0.2) is 27.1 Å². The van der Waals surface area contributed by atoms with Gasteiger partial charge in [0, 0.05) is 6.54 Å². The molecule has 0 saturated heterocycles. The first kappa shape index (κ1) is 22.6. The molecule has 0 fully saturated rings. The summed E-state index contributed by atoms with van der Waals surface area (Å²) in [5, 5.41) is 5.21. The minimum Gasteiger partial charge on any atom is -0.439 e. The zero-order valence-corrected chi connectivity index (χ0v) is 19.5. The molecule has 0 N–H and O–H groups in total. The van der Waals surface area contributed by atoms with Crippen molar-refractivity contribution >= 4 is 17.5 Å². The Morgan fingerprint density at radius 3 is 2.27 bits per heavy atom. The number of nitrogens with zero attached hydrogens (tertiary/aromatic N) is 3. The van der Waals surface area contributed by atoms with E-state index in [1.807, 2.05) is 79.7 Å². The van der Waals surface area contributed by atoms with E-state index in [0.29, 0.717) is 35.3 Å². The molecule has 0 unspecified atom stereocenters. The lowest BCUT2D eigenvalue weighted by Gasteiger charge is -2.23. The number of halogens is 1. The second-order valence-electron chi connectivity index (χ2n) is 7.74. The molecule has 1 aromatic heterocycles. The molecule has 0 aliphatic rings. The number of aryl methyl sites for hydroxylation is 1. The van der Waals surface area contributed by atoms with E-state index in [2.05, 4.69) is 6.92 Å². The average Bonchev–Trinajstić information content (AvgIpc) is 3.14. The average molecular weight is 460 g/mol. The minimum absolute atomic E-state index is 0.111. The number of para-hydroxylation sites is 2. The molecular formula is C27H26ClN3O2. The summed E-state index contributed by atoms with van der Waals surface area (Å²) in [6.45, 7) is 4.94. The van der Waals surface area contributed by atoms with E-state index in [4.69, 9.17) is 21.4 Å². The number of hydrogen-bond acceptors (Lipinski definition) is 3. The molecule has 168 valence electrons. The predicted octanol–water partition coefficient (Wildman–Crippen LogP) is 6.68. The third-order valence-electron chi connectivity index (χ3n) is 5.33. The van der Waals surface area contributed by atoms with E-state index < -0.39 is 0 Å². The van der Waals surface area contributed by atoms with Gasteiger partial charge in [-0.3, -0.25) is 4.79 Å². The Balaban J connectivity index is 1.76. The van der Waals surface area contributed by atoms with Gasteiger partial charge in [-0.05, 0) is 49.7 Å². The summed E-state index contributed by atoms with van der Waals surface area (Å²) < 4.78 is 8.13. The maximum Gasteiger partial charge on any atom is 0.255 e. The molecule has 0 spiro atoms. The van der Waals surface area contributed by atoms with Crippen molar-refractivity contribution in [2.24, 2.45) is 0 Å². The van der Waals surface area contributed by atoms with Gasteiger partial charge in [0.1, 0.15) is 5.75 Å². The summed E-state index contributed by atoms with van der Waals surface area (Å²) in [5.41, 5.74) is 3.04. The van der Waals surface area contributed by atoms with Crippen LogP contribution in [0.4, 0.5) is 0 Å². The van der Waals surface area contributed by atoms with Gasteiger partial charge >= 0.3 is 0 Å². The number of carbonyl (C=O) groups is 1. The normalized spacial score (nSPS) is 10.8. The van der Waals surface area contributed by atoms with Gasteiger partial charge in [0.25, 0.3) is 5.91 Å². The summed E-state index contributed by atoms with van der Waals surface area (Å²) in [6, 6.07) is 26.6. The Morgan fingerprint density at radius 1 is 0.970 bits per heavy atom. The fourth-order valence-electron chi connectivity index (χ4n) is 3.69. The Labute approximate surface area is 199 Å². The van der Waals surface area contributed by atoms with Crippen LogP contribution in [0.3, 0.4) is 0 Å². The van der Waals surface area contributed by atoms with Crippen LogP contribution in [0.1, 0.15) is 35.0 Å². The molecule has 5 nitrogen and oxygen atoms in total. The highest BCUT2D eigenvalue weighted by Gasteiger charge is 2.24. The second-order valence-corrected chi connectivity index (χ2v) is 8.15. The molecule has 1 amide bonds. The highest BCUT2D eigenvalue weighted by Crippen LogP contribution is 2.32. The summed E-state index contributed by atoms with van der Waals surface area (Å²) in [5.74, 6) is 1.19.